The van der Waals surface area contributed by atoms with Crippen LogP contribution in [0.15, 0.2) is 24.3 Å². The molecule has 27 heavy (non-hydrogen) atoms. The minimum absolute atomic E-state index is 0.391. The number of fused-ring (bicyclic) bond motifs is 2. The molecule has 5 rings (SSSR count). The van der Waals surface area contributed by atoms with E-state index in [4.69, 9.17) is 9.47 Å². The fourth-order valence-corrected chi connectivity index (χ4v) is 5.92. The van der Waals surface area contributed by atoms with Crippen molar-refractivity contribution < 1.29 is 9.47 Å². The highest BCUT2D eigenvalue weighted by molar-refractivity contribution is 5.42. The minimum atomic E-state index is 0.391. The fourth-order valence-electron chi connectivity index (χ4n) is 5.92. The molecule has 1 aromatic rings. The molecule has 4 nitrogen and oxygen atoms in total. The van der Waals surface area contributed by atoms with E-state index >= 15 is 0 Å². The van der Waals surface area contributed by atoms with Crippen LogP contribution >= 0.6 is 0 Å². The van der Waals surface area contributed by atoms with Gasteiger partial charge in [-0.05, 0) is 74.1 Å². The molecule has 4 heteroatoms. The molecule has 3 fully saturated rings. The van der Waals surface area contributed by atoms with Gasteiger partial charge in [0, 0.05) is 38.4 Å². The summed E-state index contributed by atoms with van der Waals surface area (Å²) in [6, 6.07) is 10.4. The Morgan fingerprint density at radius 3 is 2.56 bits per heavy atom. The normalized spacial score (nSPS) is 31.4. The maximum Gasteiger partial charge on any atom is 0.0507 e. The zero-order chi connectivity index (χ0) is 18.1. The van der Waals surface area contributed by atoms with Crippen LogP contribution in [0.25, 0.3) is 0 Å². The molecule has 3 heterocycles. The summed E-state index contributed by atoms with van der Waals surface area (Å²) in [5, 5.41) is 4.01. The third kappa shape index (κ3) is 3.69. The van der Waals surface area contributed by atoms with E-state index in [1.165, 1.54) is 45.3 Å². The molecular formula is C23H34N2O2. The van der Waals surface area contributed by atoms with E-state index in [-0.39, 0.29) is 0 Å². The van der Waals surface area contributed by atoms with Gasteiger partial charge in [0.1, 0.15) is 0 Å². The predicted octanol–water partition coefficient (Wildman–Crippen LogP) is 3.27. The number of hydrogen-bond acceptors (Lipinski definition) is 4. The van der Waals surface area contributed by atoms with Crippen molar-refractivity contribution in [3.63, 3.8) is 0 Å². The Bertz CT molecular complexity index is 629. The lowest BCUT2D eigenvalue weighted by Crippen LogP contribution is -2.44. The molecule has 0 aromatic heterocycles. The quantitative estimate of drug-likeness (QED) is 0.882. The van der Waals surface area contributed by atoms with Crippen LogP contribution in [0.3, 0.4) is 0 Å². The second-order valence-corrected chi connectivity index (χ2v) is 9.21. The second-order valence-electron chi connectivity index (χ2n) is 9.21. The summed E-state index contributed by atoms with van der Waals surface area (Å²) in [6.45, 7) is 7.50. The number of rotatable bonds is 4. The van der Waals surface area contributed by atoms with Gasteiger partial charge < -0.3 is 19.7 Å². The van der Waals surface area contributed by atoms with Crippen molar-refractivity contribution in [3.8, 4) is 0 Å². The van der Waals surface area contributed by atoms with Gasteiger partial charge in [-0.2, -0.15) is 0 Å². The standard InChI is InChI=1S/C23H34N2O2/c1-2-4-21-20(3-1)22(24-19-6-13-26-14-7-19)15-23(21)8-10-25(11-9-23)16-18-5-12-27-17-18/h1-4,18-19,22,24H,5-17H2/t18-,22-/m1/s1. The van der Waals surface area contributed by atoms with Crippen molar-refractivity contribution in [3.05, 3.63) is 35.4 Å². The van der Waals surface area contributed by atoms with Gasteiger partial charge in [0.05, 0.1) is 6.61 Å². The molecule has 4 aliphatic rings. The summed E-state index contributed by atoms with van der Waals surface area (Å²) in [7, 11) is 0. The van der Waals surface area contributed by atoms with Crippen molar-refractivity contribution in [2.45, 2.75) is 56.0 Å². The summed E-state index contributed by atoms with van der Waals surface area (Å²) in [4.78, 5) is 2.70. The first-order valence-electron chi connectivity index (χ1n) is 11.1. The van der Waals surface area contributed by atoms with Crippen LogP contribution in [0.5, 0.6) is 0 Å². The highest BCUT2D eigenvalue weighted by Crippen LogP contribution is 2.51. The van der Waals surface area contributed by atoms with Crippen molar-refractivity contribution >= 4 is 0 Å². The minimum Gasteiger partial charge on any atom is -0.381 e. The third-order valence-electron chi connectivity index (χ3n) is 7.51. The van der Waals surface area contributed by atoms with Crippen LogP contribution in [-0.2, 0) is 14.9 Å². The van der Waals surface area contributed by atoms with E-state index in [9.17, 15) is 0 Å². The van der Waals surface area contributed by atoms with E-state index < -0.39 is 0 Å². The first-order chi connectivity index (χ1) is 13.3. The van der Waals surface area contributed by atoms with Crippen molar-refractivity contribution in [2.75, 3.05) is 46.1 Å². The lowest BCUT2D eigenvalue weighted by atomic mass is 9.73. The largest absolute Gasteiger partial charge is 0.381 e. The molecule has 3 aliphatic heterocycles. The third-order valence-corrected chi connectivity index (χ3v) is 7.51. The van der Waals surface area contributed by atoms with Gasteiger partial charge in [-0.3, -0.25) is 0 Å². The lowest BCUT2D eigenvalue weighted by molar-refractivity contribution is 0.0728. The van der Waals surface area contributed by atoms with E-state index in [1.807, 2.05) is 0 Å². The van der Waals surface area contributed by atoms with E-state index in [2.05, 4.69) is 34.5 Å². The molecule has 0 saturated carbocycles. The number of likely N-dealkylation sites (tertiary alicyclic amines) is 1. The molecular weight excluding hydrogens is 336 g/mol. The van der Waals surface area contributed by atoms with E-state index in [0.717, 1.165) is 45.2 Å². The van der Waals surface area contributed by atoms with Gasteiger partial charge in [-0.25, -0.2) is 0 Å². The van der Waals surface area contributed by atoms with Crippen LogP contribution < -0.4 is 5.32 Å². The summed E-state index contributed by atoms with van der Waals surface area (Å²) in [5.41, 5.74) is 3.60. The molecule has 1 aromatic carbocycles. The summed E-state index contributed by atoms with van der Waals surface area (Å²) in [6.07, 6.45) is 7.46. The molecule has 0 amide bonds. The van der Waals surface area contributed by atoms with Crippen molar-refractivity contribution in [1.82, 2.24) is 10.2 Å². The molecule has 0 unspecified atom stereocenters. The first-order valence-corrected chi connectivity index (χ1v) is 11.1. The average molecular weight is 371 g/mol. The Labute approximate surface area is 163 Å². The molecule has 0 bridgehead atoms. The zero-order valence-corrected chi connectivity index (χ0v) is 16.5. The monoisotopic (exact) mass is 370 g/mol. The highest BCUT2D eigenvalue weighted by atomic mass is 16.5. The Balaban J connectivity index is 1.27. The van der Waals surface area contributed by atoms with Gasteiger partial charge >= 0.3 is 0 Å². The van der Waals surface area contributed by atoms with Crippen LogP contribution in [0.4, 0.5) is 0 Å². The Morgan fingerprint density at radius 1 is 1.00 bits per heavy atom. The van der Waals surface area contributed by atoms with E-state index in [1.54, 1.807) is 11.1 Å². The zero-order valence-electron chi connectivity index (χ0n) is 16.5. The molecule has 148 valence electrons. The molecule has 2 atom stereocenters. The van der Waals surface area contributed by atoms with Gasteiger partial charge in [0.25, 0.3) is 0 Å². The predicted molar refractivity (Wildman–Crippen MR) is 107 cm³/mol. The number of nitrogens with one attached hydrogen (secondary N) is 1. The van der Waals surface area contributed by atoms with Crippen LogP contribution in [0.1, 0.15) is 55.7 Å². The highest BCUT2D eigenvalue weighted by Gasteiger charge is 2.45. The second kappa shape index (κ2) is 7.82. The Kier molecular flexibility index (Phi) is 5.25. The number of hydrogen-bond donors (Lipinski definition) is 1. The van der Waals surface area contributed by atoms with Gasteiger partial charge in [0.2, 0.25) is 0 Å². The summed E-state index contributed by atoms with van der Waals surface area (Å²) < 4.78 is 11.1. The lowest BCUT2D eigenvalue weighted by Gasteiger charge is -2.41. The van der Waals surface area contributed by atoms with Gasteiger partial charge in [-0.1, -0.05) is 24.3 Å². The van der Waals surface area contributed by atoms with Crippen LogP contribution in [0, 0.1) is 5.92 Å². The molecule has 1 spiro atoms. The van der Waals surface area contributed by atoms with Gasteiger partial charge in [-0.15, -0.1) is 0 Å². The number of piperidine rings is 1. The maximum atomic E-state index is 5.58. The summed E-state index contributed by atoms with van der Waals surface area (Å²) >= 11 is 0. The fraction of sp³-hybridized carbons (Fsp3) is 0.739. The van der Waals surface area contributed by atoms with Gasteiger partial charge in [0.15, 0.2) is 0 Å². The molecule has 0 radical (unpaired) electrons. The summed E-state index contributed by atoms with van der Waals surface area (Å²) in [5.74, 6) is 0.762. The van der Waals surface area contributed by atoms with Crippen molar-refractivity contribution in [1.29, 1.82) is 0 Å². The number of nitrogens with zero attached hydrogens (tertiary/aromatic N) is 1. The smallest absolute Gasteiger partial charge is 0.0507 e. The average Bonchev–Trinajstić information content (AvgIpc) is 3.32. The Morgan fingerprint density at radius 2 is 1.78 bits per heavy atom. The van der Waals surface area contributed by atoms with Crippen LogP contribution in [-0.4, -0.2) is 57.0 Å². The molecule has 1 N–H and O–H groups in total. The van der Waals surface area contributed by atoms with Crippen molar-refractivity contribution in [2.24, 2.45) is 5.92 Å². The SMILES string of the molecule is c1ccc2c(c1)[C@H](NC1CCOCC1)CC21CCN(C[C@H]2CCOC2)CC1. The Hall–Kier alpha value is -0.940. The van der Waals surface area contributed by atoms with Crippen LogP contribution in [0.2, 0.25) is 0 Å². The maximum absolute atomic E-state index is 5.58. The molecule has 3 saturated heterocycles. The number of benzene rings is 1. The first kappa shape index (κ1) is 18.1. The van der Waals surface area contributed by atoms with E-state index in [0.29, 0.717) is 17.5 Å². The molecule has 1 aliphatic carbocycles. The number of ether oxygens (including phenoxy) is 2. The topological polar surface area (TPSA) is 33.7 Å².